The molecule has 22 heteroatoms. The maximum absolute atomic E-state index is 14.7. The maximum Gasteiger partial charge on any atom is 0.347 e. The van der Waals surface area contributed by atoms with Crippen LogP contribution in [-0.4, -0.2) is 112 Å². The first-order valence-electron chi connectivity index (χ1n) is 19.3. The van der Waals surface area contributed by atoms with E-state index in [1.165, 1.54) is 78.9 Å². The maximum atomic E-state index is 14.7. The lowest BCUT2D eigenvalue weighted by atomic mass is 9.87. The smallest absolute Gasteiger partial charge is 0.347 e. The molecule has 0 radical (unpaired) electrons. The van der Waals surface area contributed by atoms with Gasteiger partial charge in [-0.25, -0.2) is 57.5 Å². The van der Waals surface area contributed by atoms with Crippen LogP contribution >= 0.6 is 0 Å². The van der Waals surface area contributed by atoms with Crippen molar-refractivity contribution in [3.63, 3.8) is 0 Å². The molecule has 0 aliphatic rings. The van der Waals surface area contributed by atoms with Gasteiger partial charge in [-0.1, -0.05) is 91.0 Å². The van der Waals surface area contributed by atoms with Crippen LogP contribution in [-0.2, 0) is 9.47 Å². The lowest BCUT2D eigenvalue weighted by molar-refractivity contribution is 0.0352. The molecule has 0 saturated carbocycles. The van der Waals surface area contributed by atoms with E-state index >= 15 is 0 Å². The van der Waals surface area contributed by atoms with Gasteiger partial charge in [-0.15, -0.1) is 0 Å². The number of hydrogen-bond donors (Lipinski definition) is 8. The monoisotopic (exact) mass is 954 g/mol. The Morgan fingerprint density at radius 3 is 0.700 bits per heavy atom. The number of ether oxygens (including phenoxy) is 2. The van der Waals surface area contributed by atoms with Gasteiger partial charge in [0.25, 0.3) is 0 Å². The van der Waals surface area contributed by atoms with Crippen LogP contribution in [0.1, 0.15) is 124 Å². The Kier molecular flexibility index (Phi) is 13.6. The average Bonchev–Trinajstić information content (AvgIpc) is 3.32. The minimum atomic E-state index is -2.35. The number of carbonyl (C=O) groups is 12. The van der Waals surface area contributed by atoms with E-state index in [9.17, 15) is 98.4 Å². The Labute approximate surface area is 388 Å². The number of carbonyl (C=O) groups excluding carboxylic acids is 4. The third kappa shape index (κ3) is 9.12. The highest BCUT2D eigenvalue weighted by molar-refractivity contribution is 6.24. The number of hydrogen-bond acceptors (Lipinski definition) is 14. The first-order valence-corrected chi connectivity index (χ1v) is 19.3. The fourth-order valence-electron chi connectivity index (χ4n) is 7.40. The van der Waals surface area contributed by atoms with Gasteiger partial charge in [0.2, 0.25) is 0 Å². The second-order valence-electron chi connectivity index (χ2n) is 14.2. The number of carboxylic acids is 8. The first kappa shape index (κ1) is 48.8. The average molecular weight is 955 g/mol. The molecular formula is C48H26O22. The van der Waals surface area contributed by atoms with E-state index in [4.69, 9.17) is 9.47 Å². The molecule has 0 unspecified atom stereocenters. The molecule has 22 nitrogen and oxygen atoms in total. The van der Waals surface area contributed by atoms with Gasteiger partial charge < -0.3 is 50.3 Å². The highest BCUT2D eigenvalue weighted by Gasteiger charge is 2.40. The van der Waals surface area contributed by atoms with E-state index in [-0.39, 0.29) is 16.7 Å². The van der Waals surface area contributed by atoms with Crippen molar-refractivity contribution >= 4 is 71.6 Å². The summed E-state index contributed by atoms with van der Waals surface area (Å²) in [5.41, 5.74) is -19.9. The van der Waals surface area contributed by atoms with Gasteiger partial charge in [-0.3, -0.25) is 0 Å². The molecule has 0 aromatic heterocycles. The van der Waals surface area contributed by atoms with Crippen LogP contribution in [0.4, 0.5) is 0 Å². The van der Waals surface area contributed by atoms with E-state index in [0.717, 1.165) is 12.1 Å². The normalized spacial score (nSPS) is 10.6. The van der Waals surface area contributed by atoms with Crippen LogP contribution in [0.25, 0.3) is 33.4 Å². The SMILES string of the molecule is O=C(O)c1cc(-c2ccccc2)c(C(=O)OC(=O)c2c(-c3ccccc3)cc(C(=O)O)c(C(=O)O)c2C(=O)OC(=O)c2c(-c3ccccc3)cc(C(=O)O)c(C(=O)O)c2C(=O)O)c(C(=O)O)c1C(=O)O. The minimum Gasteiger partial charge on any atom is -0.478 e. The molecule has 0 bridgehead atoms. The summed E-state index contributed by atoms with van der Waals surface area (Å²) in [6, 6.07) is 20.9. The number of benzene rings is 6. The number of rotatable bonds is 15. The van der Waals surface area contributed by atoms with Crippen LogP contribution in [0, 0.1) is 0 Å². The van der Waals surface area contributed by atoms with Crippen LogP contribution < -0.4 is 0 Å². The summed E-state index contributed by atoms with van der Waals surface area (Å²) in [6.07, 6.45) is 0. The fraction of sp³-hybridized carbons (Fsp3) is 0. The fourth-order valence-corrected chi connectivity index (χ4v) is 7.40. The first-order chi connectivity index (χ1) is 33.1. The number of esters is 4. The van der Waals surface area contributed by atoms with Gasteiger partial charge in [0.1, 0.15) is 0 Å². The molecule has 8 N–H and O–H groups in total. The lowest BCUT2D eigenvalue weighted by Crippen LogP contribution is -2.27. The molecule has 6 rings (SSSR count). The lowest BCUT2D eigenvalue weighted by Gasteiger charge is -2.20. The number of carboxylic acid groups (broad SMARTS) is 8. The largest absolute Gasteiger partial charge is 0.478 e. The molecule has 0 atom stereocenters. The summed E-state index contributed by atoms with van der Waals surface area (Å²) in [4.78, 5) is 159. The van der Waals surface area contributed by atoms with Crippen molar-refractivity contribution in [1.29, 1.82) is 0 Å². The third-order valence-corrected chi connectivity index (χ3v) is 10.2. The van der Waals surface area contributed by atoms with Gasteiger partial charge >= 0.3 is 71.6 Å². The van der Waals surface area contributed by atoms with E-state index in [2.05, 4.69) is 0 Å². The Hall–Kier alpha value is -10.6. The van der Waals surface area contributed by atoms with E-state index in [1.54, 1.807) is 0 Å². The zero-order valence-electron chi connectivity index (χ0n) is 34.7. The quantitative estimate of drug-likeness (QED) is 0.0415. The Bertz CT molecular complexity index is 3330. The summed E-state index contributed by atoms with van der Waals surface area (Å²) >= 11 is 0. The van der Waals surface area contributed by atoms with Crippen LogP contribution in [0.3, 0.4) is 0 Å². The standard InChI is InChI=1S/C48H26O22/c49-37(50)25-16-22(19-10-4-1-5-11-19)31(34(43(61)62)28(25)40(55)56)45(65)69-47(67)33-24(21-14-8-3-9-15-21)18-27(39(53)54)30(42(59)60)36(33)48(68)70-46(66)32-23(20-12-6-2-7-13-20)17-26(38(51)52)29(41(57)58)35(32)44(63)64/h1-18H,(H,49,50)(H,51,52)(H,53,54)(H,55,56)(H,57,58)(H,59,60)(H,61,62)(H,63,64). The predicted molar refractivity (Wildman–Crippen MR) is 231 cm³/mol. The Morgan fingerprint density at radius 1 is 0.257 bits per heavy atom. The highest BCUT2D eigenvalue weighted by atomic mass is 16.6. The summed E-state index contributed by atoms with van der Waals surface area (Å²) in [5, 5.41) is 81.3. The Morgan fingerprint density at radius 2 is 0.471 bits per heavy atom. The molecule has 6 aromatic rings. The van der Waals surface area contributed by atoms with Gasteiger partial charge in [0, 0.05) is 0 Å². The highest BCUT2D eigenvalue weighted by Crippen LogP contribution is 2.38. The topological polar surface area (TPSA) is 385 Å². The third-order valence-electron chi connectivity index (χ3n) is 10.2. The van der Waals surface area contributed by atoms with Crippen molar-refractivity contribution in [1.82, 2.24) is 0 Å². The molecule has 0 amide bonds. The van der Waals surface area contributed by atoms with E-state index in [1.807, 2.05) is 0 Å². The van der Waals surface area contributed by atoms with Crippen LogP contribution in [0.15, 0.2) is 109 Å². The van der Waals surface area contributed by atoms with Crippen LogP contribution in [0.2, 0.25) is 0 Å². The van der Waals surface area contributed by atoms with Crippen molar-refractivity contribution in [3.05, 3.63) is 176 Å². The molecule has 350 valence electrons. The van der Waals surface area contributed by atoms with Gasteiger partial charge in [-0.2, -0.15) is 0 Å². The molecule has 70 heavy (non-hydrogen) atoms. The molecule has 0 fully saturated rings. The summed E-state index contributed by atoms with van der Waals surface area (Å²) in [7, 11) is 0. The molecule has 0 spiro atoms. The zero-order chi connectivity index (χ0) is 51.5. The molecule has 6 aromatic carbocycles. The summed E-state index contributed by atoms with van der Waals surface area (Å²) < 4.78 is 10.1. The van der Waals surface area contributed by atoms with Crippen molar-refractivity contribution in [2.45, 2.75) is 0 Å². The van der Waals surface area contributed by atoms with Gasteiger partial charge in [-0.05, 0) is 51.6 Å². The van der Waals surface area contributed by atoms with E-state index < -0.39 is 155 Å². The number of aromatic carboxylic acids is 8. The second kappa shape index (κ2) is 19.4. The van der Waals surface area contributed by atoms with Gasteiger partial charge in [0.15, 0.2) is 0 Å². The van der Waals surface area contributed by atoms with Gasteiger partial charge in [0.05, 0.1) is 66.8 Å². The zero-order valence-corrected chi connectivity index (χ0v) is 34.7. The van der Waals surface area contributed by atoms with Crippen molar-refractivity contribution in [2.24, 2.45) is 0 Å². The second-order valence-corrected chi connectivity index (χ2v) is 14.2. The molecule has 0 aliphatic heterocycles. The Balaban J connectivity index is 1.67. The predicted octanol–water partition coefficient (Wildman–Crippen LogP) is 6.27. The van der Waals surface area contributed by atoms with Crippen molar-refractivity contribution in [2.75, 3.05) is 0 Å². The molecule has 0 aliphatic carbocycles. The summed E-state index contributed by atoms with van der Waals surface area (Å²) in [5.74, 6) is -26.1. The van der Waals surface area contributed by atoms with Crippen molar-refractivity contribution < 1.29 is 108 Å². The molecule has 0 saturated heterocycles. The molecular weight excluding hydrogens is 929 g/mol. The molecule has 0 heterocycles. The van der Waals surface area contributed by atoms with Crippen LogP contribution in [0.5, 0.6) is 0 Å². The summed E-state index contributed by atoms with van der Waals surface area (Å²) in [6.45, 7) is 0. The minimum absolute atomic E-state index is 0.159. The van der Waals surface area contributed by atoms with E-state index in [0.29, 0.717) is 18.2 Å². The van der Waals surface area contributed by atoms with Crippen molar-refractivity contribution in [3.8, 4) is 33.4 Å².